The molecule has 0 unspecified atom stereocenters. The molecular formula is C12H13ClN2OS. The quantitative estimate of drug-likeness (QED) is 0.907. The molecule has 0 saturated heterocycles. The first-order valence-corrected chi connectivity index (χ1v) is 6.56. The second-order valence-corrected chi connectivity index (χ2v) is 4.84. The molecule has 3 nitrogen and oxygen atoms in total. The summed E-state index contributed by atoms with van der Waals surface area (Å²) in [6.07, 6.45) is 0.808. The molecule has 0 aliphatic rings. The molecule has 17 heavy (non-hydrogen) atoms. The van der Waals surface area contributed by atoms with Crippen molar-refractivity contribution >= 4 is 22.9 Å². The van der Waals surface area contributed by atoms with Gasteiger partial charge < -0.3 is 10.5 Å². The number of para-hydroxylation sites is 1. The minimum absolute atomic E-state index is 0.443. The Labute approximate surface area is 109 Å². The van der Waals surface area contributed by atoms with Gasteiger partial charge in [-0.3, -0.25) is 0 Å². The van der Waals surface area contributed by atoms with Gasteiger partial charge in [-0.25, -0.2) is 4.98 Å². The van der Waals surface area contributed by atoms with E-state index in [1.807, 2.05) is 23.6 Å². The van der Waals surface area contributed by atoms with Crippen molar-refractivity contribution in [3.63, 3.8) is 0 Å². The lowest BCUT2D eigenvalue weighted by Gasteiger charge is -2.05. The van der Waals surface area contributed by atoms with Crippen molar-refractivity contribution in [2.45, 2.75) is 13.0 Å². The molecule has 0 aliphatic carbocycles. The number of thiazole rings is 1. The number of nitrogens with two attached hydrogens (primary N) is 1. The molecule has 0 atom stereocenters. The fourth-order valence-corrected chi connectivity index (χ4v) is 2.31. The van der Waals surface area contributed by atoms with E-state index in [0.717, 1.165) is 17.1 Å². The average Bonchev–Trinajstić information content (AvgIpc) is 2.76. The maximum absolute atomic E-state index is 5.99. The summed E-state index contributed by atoms with van der Waals surface area (Å²) >= 11 is 7.57. The van der Waals surface area contributed by atoms with Crippen LogP contribution in [0.4, 0.5) is 0 Å². The van der Waals surface area contributed by atoms with Gasteiger partial charge in [0.25, 0.3) is 0 Å². The predicted octanol–water partition coefficient (Wildman–Crippen LogP) is 2.88. The molecule has 2 N–H and O–H groups in total. The molecule has 1 aromatic heterocycles. The van der Waals surface area contributed by atoms with Crippen molar-refractivity contribution in [3.8, 4) is 5.75 Å². The highest BCUT2D eigenvalue weighted by atomic mass is 35.5. The highest BCUT2D eigenvalue weighted by Gasteiger charge is 2.04. The Kier molecular flexibility index (Phi) is 4.36. The summed E-state index contributed by atoms with van der Waals surface area (Å²) in [6.45, 7) is 1.06. The minimum Gasteiger partial charge on any atom is -0.485 e. The molecule has 0 aliphatic heterocycles. The molecule has 0 saturated carbocycles. The van der Waals surface area contributed by atoms with Crippen LogP contribution in [-0.2, 0) is 13.0 Å². The van der Waals surface area contributed by atoms with Gasteiger partial charge in [0, 0.05) is 11.8 Å². The minimum atomic E-state index is 0.443. The van der Waals surface area contributed by atoms with Crippen LogP contribution in [0.5, 0.6) is 5.75 Å². The van der Waals surface area contributed by atoms with Crippen LogP contribution in [0.1, 0.15) is 10.7 Å². The monoisotopic (exact) mass is 268 g/mol. The third kappa shape index (κ3) is 3.43. The second kappa shape index (κ2) is 6.00. The van der Waals surface area contributed by atoms with Crippen molar-refractivity contribution in [2.75, 3.05) is 6.54 Å². The third-order valence-electron chi connectivity index (χ3n) is 2.19. The molecule has 0 radical (unpaired) electrons. The average molecular weight is 269 g/mol. The lowest BCUT2D eigenvalue weighted by atomic mass is 10.3. The Morgan fingerprint density at radius 1 is 1.35 bits per heavy atom. The summed E-state index contributed by atoms with van der Waals surface area (Å²) in [5.74, 6) is 0.685. The Hall–Kier alpha value is -1.10. The van der Waals surface area contributed by atoms with E-state index in [1.165, 1.54) is 0 Å². The number of halogens is 1. The standard InChI is InChI=1S/C12H13ClN2OS/c13-10-3-1-2-4-11(10)16-7-12-15-9(5-6-14)8-17-12/h1-4,8H,5-7,14H2. The van der Waals surface area contributed by atoms with Gasteiger partial charge in [0.15, 0.2) is 0 Å². The molecule has 0 fully saturated rings. The van der Waals surface area contributed by atoms with Crippen molar-refractivity contribution in [1.29, 1.82) is 0 Å². The van der Waals surface area contributed by atoms with Crippen LogP contribution in [0, 0.1) is 0 Å². The van der Waals surface area contributed by atoms with Crippen LogP contribution in [0.15, 0.2) is 29.6 Å². The zero-order chi connectivity index (χ0) is 12.1. The lowest BCUT2D eigenvalue weighted by molar-refractivity contribution is 0.305. The first-order chi connectivity index (χ1) is 8.29. The van der Waals surface area contributed by atoms with Crippen molar-refractivity contribution in [3.05, 3.63) is 45.4 Å². The van der Waals surface area contributed by atoms with Crippen molar-refractivity contribution < 1.29 is 4.74 Å². The maximum Gasteiger partial charge on any atom is 0.140 e. The van der Waals surface area contributed by atoms with Gasteiger partial charge in [-0.05, 0) is 18.7 Å². The van der Waals surface area contributed by atoms with E-state index in [2.05, 4.69) is 4.98 Å². The summed E-state index contributed by atoms with van der Waals surface area (Å²) in [6, 6.07) is 7.41. The van der Waals surface area contributed by atoms with Gasteiger partial charge in [-0.1, -0.05) is 23.7 Å². The Bertz CT molecular complexity index is 487. The number of hydrogen-bond donors (Lipinski definition) is 1. The topological polar surface area (TPSA) is 48.1 Å². The summed E-state index contributed by atoms with van der Waals surface area (Å²) in [7, 11) is 0. The number of benzene rings is 1. The maximum atomic E-state index is 5.99. The summed E-state index contributed by atoms with van der Waals surface area (Å²) < 4.78 is 5.60. The van der Waals surface area contributed by atoms with E-state index in [4.69, 9.17) is 22.1 Å². The van der Waals surface area contributed by atoms with Gasteiger partial charge >= 0.3 is 0 Å². The molecule has 0 amide bonds. The first-order valence-electron chi connectivity index (χ1n) is 5.30. The van der Waals surface area contributed by atoms with Gasteiger partial charge in [-0.15, -0.1) is 11.3 Å². The third-order valence-corrected chi connectivity index (χ3v) is 3.37. The van der Waals surface area contributed by atoms with E-state index >= 15 is 0 Å². The fraction of sp³-hybridized carbons (Fsp3) is 0.250. The zero-order valence-electron chi connectivity index (χ0n) is 9.23. The van der Waals surface area contributed by atoms with E-state index in [9.17, 15) is 0 Å². The van der Waals surface area contributed by atoms with Crippen LogP contribution >= 0.6 is 22.9 Å². The van der Waals surface area contributed by atoms with Crippen molar-refractivity contribution in [2.24, 2.45) is 5.73 Å². The van der Waals surface area contributed by atoms with Crippen LogP contribution in [0.3, 0.4) is 0 Å². The zero-order valence-corrected chi connectivity index (χ0v) is 10.8. The highest BCUT2D eigenvalue weighted by Crippen LogP contribution is 2.24. The molecule has 0 spiro atoms. The smallest absolute Gasteiger partial charge is 0.140 e. The summed E-state index contributed by atoms with van der Waals surface area (Å²) in [5, 5.41) is 3.57. The molecular weight excluding hydrogens is 256 g/mol. The highest BCUT2D eigenvalue weighted by molar-refractivity contribution is 7.09. The largest absolute Gasteiger partial charge is 0.485 e. The van der Waals surface area contributed by atoms with Crippen LogP contribution in [0.25, 0.3) is 0 Å². The Morgan fingerprint density at radius 2 is 2.18 bits per heavy atom. The predicted molar refractivity (Wildman–Crippen MR) is 70.7 cm³/mol. The van der Waals surface area contributed by atoms with Crippen LogP contribution < -0.4 is 10.5 Å². The van der Waals surface area contributed by atoms with Gasteiger partial charge in [0.05, 0.1) is 10.7 Å². The van der Waals surface area contributed by atoms with Crippen LogP contribution in [-0.4, -0.2) is 11.5 Å². The number of ether oxygens (including phenoxy) is 1. The van der Waals surface area contributed by atoms with Crippen molar-refractivity contribution in [1.82, 2.24) is 4.98 Å². The van der Waals surface area contributed by atoms with E-state index in [-0.39, 0.29) is 0 Å². The van der Waals surface area contributed by atoms with Gasteiger partial charge in [0.1, 0.15) is 17.4 Å². The summed E-state index contributed by atoms with van der Waals surface area (Å²) in [4.78, 5) is 4.42. The Balaban J connectivity index is 1.95. The number of hydrogen-bond acceptors (Lipinski definition) is 4. The number of nitrogens with zero attached hydrogens (tertiary/aromatic N) is 1. The SMILES string of the molecule is NCCc1csc(COc2ccccc2Cl)n1. The lowest BCUT2D eigenvalue weighted by Crippen LogP contribution is -2.03. The first kappa shape index (κ1) is 12.4. The van der Waals surface area contributed by atoms with E-state index < -0.39 is 0 Å². The number of rotatable bonds is 5. The van der Waals surface area contributed by atoms with Gasteiger partial charge in [-0.2, -0.15) is 0 Å². The molecule has 2 rings (SSSR count). The van der Waals surface area contributed by atoms with E-state index in [0.29, 0.717) is 23.9 Å². The molecule has 5 heteroatoms. The molecule has 1 aromatic carbocycles. The molecule has 0 bridgehead atoms. The molecule has 1 heterocycles. The molecule has 2 aromatic rings. The Morgan fingerprint density at radius 3 is 2.94 bits per heavy atom. The number of aromatic nitrogens is 1. The molecule has 90 valence electrons. The van der Waals surface area contributed by atoms with Crippen LogP contribution in [0.2, 0.25) is 5.02 Å². The van der Waals surface area contributed by atoms with E-state index in [1.54, 1.807) is 17.4 Å². The second-order valence-electron chi connectivity index (χ2n) is 3.49. The summed E-state index contributed by atoms with van der Waals surface area (Å²) in [5.41, 5.74) is 6.49. The normalized spacial score (nSPS) is 10.5. The fourth-order valence-electron chi connectivity index (χ4n) is 1.38. The van der Waals surface area contributed by atoms with Gasteiger partial charge in [0.2, 0.25) is 0 Å².